The van der Waals surface area contributed by atoms with E-state index in [1.807, 2.05) is 25.7 Å². The molecular formula is C52H64F2N6O6Si. The molecule has 0 spiro atoms. The molecule has 356 valence electrons. The number of piperazine rings is 1. The van der Waals surface area contributed by atoms with Gasteiger partial charge in [-0.05, 0) is 86.7 Å². The molecule has 2 aromatic heterocycles. The quantitative estimate of drug-likeness (QED) is 0.0656. The summed E-state index contributed by atoms with van der Waals surface area (Å²) in [7, 11) is -0.842. The number of amides is 1. The van der Waals surface area contributed by atoms with Crippen molar-refractivity contribution < 1.29 is 37.3 Å². The molecule has 4 saturated heterocycles. The number of benzene rings is 2. The van der Waals surface area contributed by atoms with E-state index in [1.165, 1.54) is 13.2 Å². The first kappa shape index (κ1) is 46.8. The first-order chi connectivity index (χ1) is 31.7. The molecule has 0 N–H and O–H groups in total. The summed E-state index contributed by atoms with van der Waals surface area (Å²) >= 11 is 0. The molecule has 4 aromatic rings. The Morgan fingerprint density at radius 2 is 1.66 bits per heavy atom. The zero-order valence-electron chi connectivity index (χ0n) is 40.6. The van der Waals surface area contributed by atoms with Gasteiger partial charge < -0.3 is 28.6 Å². The second-order valence-corrected chi connectivity index (χ2v) is 26.8. The van der Waals surface area contributed by atoms with Crippen LogP contribution >= 0.6 is 0 Å². The largest absolute Gasteiger partial charge is 0.475 e. The summed E-state index contributed by atoms with van der Waals surface area (Å²) in [5.74, 6) is 2.95. The topological polar surface area (TPSA) is 112 Å². The van der Waals surface area contributed by atoms with Crippen LogP contribution in [-0.4, -0.2) is 115 Å². The summed E-state index contributed by atoms with van der Waals surface area (Å²) in [5.41, 5.74) is 5.95. The number of hydrogen-bond acceptors (Lipinski definition) is 11. The number of halogens is 2. The highest BCUT2D eigenvalue weighted by atomic mass is 28.3. The van der Waals surface area contributed by atoms with Crippen molar-refractivity contribution in [3.63, 3.8) is 0 Å². The third kappa shape index (κ3) is 8.10. The fourth-order valence-corrected chi connectivity index (χ4v) is 17.3. The molecule has 0 aliphatic carbocycles. The van der Waals surface area contributed by atoms with Crippen LogP contribution in [0.2, 0.25) is 16.6 Å². The summed E-state index contributed by atoms with van der Waals surface area (Å²) in [5, 5.41) is 1.25. The van der Waals surface area contributed by atoms with E-state index < -0.39 is 31.4 Å². The maximum absolute atomic E-state index is 18.2. The van der Waals surface area contributed by atoms with Crippen LogP contribution in [0.4, 0.5) is 19.4 Å². The molecule has 15 heteroatoms. The zero-order chi connectivity index (χ0) is 47.9. The van der Waals surface area contributed by atoms with E-state index in [-0.39, 0.29) is 83.3 Å². The van der Waals surface area contributed by atoms with Gasteiger partial charge in [0.25, 0.3) is 0 Å². The number of pyridine rings is 1. The van der Waals surface area contributed by atoms with Crippen molar-refractivity contribution in [1.29, 1.82) is 0 Å². The summed E-state index contributed by atoms with van der Waals surface area (Å²) < 4.78 is 65.3. The number of anilines is 1. The summed E-state index contributed by atoms with van der Waals surface area (Å²) in [6.45, 7) is 29.6. The monoisotopic (exact) mass is 934 g/mol. The predicted octanol–water partition coefficient (Wildman–Crippen LogP) is 10.4. The zero-order valence-corrected chi connectivity index (χ0v) is 41.6. The molecule has 12 nitrogen and oxygen atoms in total. The van der Waals surface area contributed by atoms with Gasteiger partial charge in [-0.2, -0.15) is 9.97 Å². The number of nitrogens with zero attached hydrogens (tertiary/aromatic N) is 6. The lowest BCUT2D eigenvalue weighted by Crippen LogP contribution is -2.63. The number of methoxy groups -OCH3 is 1. The maximum Gasteiger partial charge on any atom is 0.410 e. The van der Waals surface area contributed by atoms with E-state index in [0.717, 1.165) is 43.5 Å². The summed E-state index contributed by atoms with van der Waals surface area (Å²) in [4.78, 5) is 35.0. The van der Waals surface area contributed by atoms with Crippen LogP contribution in [0, 0.1) is 23.1 Å². The summed E-state index contributed by atoms with van der Waals surface area (Å²) in [6.07, 6.45) is 2.55. The lowest BCUT2D eigenvalue weighted by Gasteiger charge is -2.46. The molecular weight excluding hydrogens is 871 g/mol. The molecule has 4 fully saturated rings. The van der Waals surface area contributed by atoms with Gasteiger partial charge in [-0.15, -0.1) is 5.54 Å². The van der Waals surface area contributed by atoms with Gasteiger partial charge in [-0.1, -0.05) is 77.8 Å². The van der Waals surface area contributed by atoms with Crippen LogP contribution in [0.15, 0.2) is 48.6 Å². The molecule has 0 saturated carbocycles. The number of aromatic nitrogens is 3. The minimum Gasteiger partial charge on any atom is -0.475 e. The van der Waals surface area contributed by atoms with Gasteiger partial charge in [0.2, 0.25) is 5.88 Å². The first-order valence-electron chi connectivity index (χ1n) is 23.7. The molecule has 2 bridgehead atoms. The van der Waals surface area contributed by atoms with Gasteiger partial charge in [-0.25, -0.2) is 18.6 Å². The van der Waals surface area contributed by atoms with Crippen LogP contribution in [0.1, 0.15) is 93.6 Å². The van der Waals surface area contributed by atoms with Crippen LogP contribution in [0.5, 0.6) is 17.6 Å². The number of carbonyl (C=O) groups excluding carboxylic acids is 1. The minimum atomic E-state index is -2.36. The second-order valence-electron chi connectivity index (χ2n) is 21.3. The van der Waals surface area contributed by atoms with Gasteiger partial charge in [0.15, 0.2) is 12.6 Å². The number of carbonyl (C=O) groups is 1. The highest BCUT2D eigenvalue weighted by molar-refractivity contribution is 6.90. The normalized spacial score (nSPS) is 21.2. The SMILES string of the molecule is C=C1CN2CC(=C)CC2(COc2nc3c4c(nc(-c5cc(OCOC)cc6ccc(F)c(C#C[Si](C(C)C)(C(C)C)C(C)C)c56)c(F)c4n2)OC[C@@H]2[C@@H]4CC[C@H](CN32)N4C(=O)OC(C)(C)C)C1. The molecule has 7 heterocycles. The van der Waals surface area contributed by atoms with Crippen molar-refractivity contribution in [2.45, 2.75) is 134 Å². The molecule has 5 aliphatic heterocycles. The van der Waals surface area contributed by atoms with E-state index >= 15 is 8.78 Å². The van der Waals surface area contributed by atoms with Gasteiger partial charge in [0.05, 0.1) is 29.2 Å². The van der Waals surface area contributed by atoms with Crippen molar-refractivity contribution in [2.75, 3.05) is 51.7 Å². The summed E-state index contributed by atoms with van der Waals surface area (Å²) in [6, 6.07) is 5.60. The lowest BCUT2D eigenvalue weighted by atomic mass is 9.92. The first-order valence-corrected chi connectivity index (χ1v) is 25.9. The van der Waals surface area contributed by atoms with E-state index in [1.54, 1.807) is 18.2 Å². The molecule has 67 heavy (non-hydrogen) atoms. The average molecular weight is 935 g/mol. The highest BCUT2D eigenvalue weighted by Gasteiger charge is 2.53. The van der Waals surface area contributed by atoms with Crippen molar-refractivity contribution in [1.82, 2.24) is 24.8 Å². The van der Waals surface area contributed by atoms with E-state index in [4.69, 9.17) is 38.6 Å². The standard InChI is InChI=1S/C52H64F2N6O6Si/c1-29(2)67(30(3)4,31(5)6)18-17-37-39(53)15-13-34-19-36(65-28-62-12)20-38(42(34)37)45-44(54)46-43-47(57-49(56-46)64-27-52-21-32(7)23-58(52)24-33(8)22-52)59-25-35-14-16-40(41(59)26-63-48(43)55-45)60(35)50(61)66-51(9,10)11/h13,15,19-20,29-31,35,40-41H,7-8,14,16,21-28H2,1-6,9-12H3/t35-,40+,41-/m1/s1. The Bertz CT molecular complexity index is 2700. The fraction of sp³-hybridized carbons (Fsp3) is 0.538. The van der Waals surface area contributed by atoms with Gasteiger partial charge in [0, 0.05) is 37.7 Å². The molecule has 0 radical (unpaired) electrons. The Labute approximate surface area is 394 Å². The molecule has 2 aromatic carbocycles. The fourth-order valence-electron chi connectivity index (χ4n) is 12.1. The van der Waals surface area contributed by atoms with E-state index in [0.29, 0.717) is 51.9 Å². The number of ether oxygens (including phenoxy) is 5. The Morgan fingerprint density at radius 1 is 0.955 bits per heavy atom. The predicted molar refractivity (Wildman–Crippen MR) is 259 cm³/mol. The van der Waals surface area contributed by atoms with Crippen molar-refractivity contribution in [3.05, 3.63) is 65.8 Å². The van der Waals surface area contributed by atoms with E-state index in [2.05, 4.69) is 76.0 Å². The molecule has 1 amide bonds. The van der Waals surface area contributed by atoms with Crippen LogP contribution < -0.4 is 19.1 Å². The van der Waals surface area contributed by atoms with E-state index in [9.17, 15) is 4.79 Å². The van der Waals surface area contributed by atoms with Crippen LogP contribution in [-0.2, 0) is 9.47 Å². The molecule has 0 unspecified atom stereocenters. The van der Waals surface area contributed by atoms with Gasteiger partial charge in [-0.3, -0.25) is 9.80 Å². The lowest BCUT2D eigenvalue weighted by molar-refractivity contribution is 0.00537. The third-order valence-electron chi connectivity index (χ3n) is 14.8. The van der Waals surface area contributed by atoms with Crippen molar-refractivity contribution >= 4 is 41.7 Å². The highest BCUT2D eigenvalue weighted by Crippen LogP contribution is 2.48. The number of hydrogen-bond donors (Lipinski definition) is 0. The van der Waals surface area contributed by atoms with Crippen LogP contribution in [0.3, 0.4) is 0 Å². The average Bonchev–Trinajstić information content (AvgIpc) is 3.81. The Balaban J connectivity index is 1.25. The Hall–Kier alpha value is -5.30. The van der Waals surface area contributed by atoms with Crippen molar-refractivity contribution in [3.8, 4) is 40.4 Å². The van der Waals surface area contributed by atoms with Gasteiger partial charge >= 0.3 is 12.1 Å². The molecule has 5 aliphatic rings. The third-order valence-corrected chi connectivity index (χ3v) is 21.1. The number of rotatable bonds is 10. The van der Waals surface area contributed by atoms with Crippen LogP contribution in [0.25, 0.3) is 32.9 Å². The van der Waals surface area contributed by atoms with Gasteiger partial charge in [0.1, 0.15) is 60.9 Å². The Morgan fingerprint density at radius 3 is 2.31 bits per heavy atom. The second kappa shape index (κ2) is 17.3. The maximum atomic E-state index is 18.2. The molecule has 3 atom stereocenters. The van der Waals surface area contributed by atoms with Crippen molar-refractivity contribution in [2.24, 2.45) is 0 Å². The smallest absolute Gasteiger partial charge is 0.410 e. The number of fused-ring (bicyclic) bond motifs is 7. The molecule has 9 rings (SSSR count). The minimum absolute atomic E-state index is 0.00610. The Kier molecular flexibility index (Phi) is 12.1.